The zero-order chi connectivity index (χ0) is 36.5. The molecule has 2 rings (SSSR count). The number of nitrogens with zero attached hydrogens (tertiary/aromatic N) is 2. The van der Waals surface area contributed by atoms with Crippen LogP contribution in [0.2, 0.25) is 0 Å². The number of amides is 4. The van der Waals surface area contributed by atoms with Crippen molar-refractivity contribution in [3.05, 3.63) is 47.7 Å². The highest BCUT2D eigenvalue weighted by Gasteiger charge is 2.32. The summed E-state index contributed by atoms with van der Waals surface area (Å²) < 4.78 is 15.0. The highest BCUT2D eigenvalue weighted by Crippen LogP contribution is 2.27. The summed E-state index contributed by atoms with van der Waals surface area (Å²) in [5.41, 5.74) is 1.04. The first-order chi connectivity index (χ1) is 23.4. The normalized spacial score (nSPS) is 12.5. The maximum absolute atomic E-state index is 13.1. The Bertz CT molecular complexity index is 1470. The van der Waals surface area contributed by atoms with Gasteiger partial charge in [0.2, 0.25) is 11.8 Å². The van der Waals surface area contributed by atoms with Gasteiger partial charge >= 0.3 is 11.9 Å². The van der Waals surface area contributed by atoms with E-state index in [1.165, 1.54) is 19.1 Å². The van der Waals surface area contributed by atoms with Crippen molar-refractivity contribution >= 4 is 35.6 Å². The lowest BCUT2D eigenvalue weighted by Gasteiger charge is -2.31. The van der Waals surface area contributed by atoms with E-state index in [1.807, 2.05) is 6.92 Å². The number of nitrogens with one attached hydrogen (secondary N) is 3. The van der Waals surface area contributed by atoms with E-state index >= 15 is 0 Å². The van der Waals surface area contributed by atoms with Gasteiger partial charge in [0, 0.05) is 12.5 Å². The molecule has 0 aliphatic rings. The van der Waals surface area contributed by atoms with Crippen LogP contribution < -0.4 is 20.7 Å². The van der Waals surface area contributed by atoms with Gasteiger partial charge in [-0.3, -0.25) is 29.2 Å². The molecule has 4 amide bonds. The molecule has 0 radical (unpaired) electrons. The predicted octanol–water partition coefficient (Wildman–Crippen LogP) is 3.00. The average Bonchev–Trinajstić information content (AvgIpc) is 3.10. The van der Waals surface area contributed by atoms with Crippen LogP contribution >= 0.6 is 0 Å². The fraction of sp³-hybridized carbons (Fsp3) is 0.500. The summed E-state index contributed by atoms with van der Waals surface area (Å²) in [6, 6.07) is 7.39. The average molecular weight is 686 g/mol. The smallest absolute Gasteiger partial charge is 0.328 e. The molecule has 0 saturated heterocycles. The van der Waals surface area contributed by atoms with Gasteiger partial charge in [-0.25, -0.2) is 14.8 Å². The lowest BCUT2D eigenvalue weighted by atomic mass is 9.90. The molecule has 3 atom stereocenters. The van der Waals surface area contributed by atoms with E-state index in [4.69, 9.17) is 9.47 Å². The Morgan fingerprint density at radius 1 is 0.939 bits per heavy atom. The summed E-state index contributed by atoms with van der Waals surface area (Å²) in [4.78, 5) is 79.5. The number of carbonyl (C=O) groups is 6. The minimum Gasteiger partial charge on any atom is -0.493 e. The Morgan fingerprint density at radius 2 is 1.67 bits per heavy atom. The van der Waals surface area contributed by atoms with E-state index in [1.54, 1.807) is 38.1 Å². The molecule has 0 bridgehead atoms. The quantitative estimate of drug-likeness (QED) is 0.0557. The number of rotatable bonds is 19. The van der Waals surface area contributed by atoms with E-state index in [2.05, 4.69) is 25.7 Å². The van der Waals surface area contributed by atoms with Gasteiger partial charge in [0.25, 0.3) is 11.8 Å². The first-order valence-electron chi connectivity index (χ1n) is 16.2. The molecule has 1 aromatic heterocycles. The molecule has 4 N–H and O–H groups in total. The summed E-state index contributed by atoms with van der Waals surface area (Å²) >= 11 is 0. The van der Waals surface area contributed by atoms with Gasteiger partial charge in [-0.1, -0.05) is 45.2 Å². The number of hydroxylamine groups is 2. The summed E-state index contributed by atoms with van der Waals surface area (Å²) in [7, 11) is 2.29. The van der Waals surface area contributed by atoms with Gasteiger partial charge in [0.05, 0.1) is 57.1 Å². The molecule has 1 unspecified atom stereocenters. The second-order valence-electron chi connectivity index (χ2n) is 11.0. The Balaban J connectivity index is 2.20. The number of aromatic nitrogens is 1. The largest absolute Gasteiger partial charge is 0.493 e. The summed E-state index contributed by atoms with van der Waals surface area (Å²) in [6.45, 7) is 6.76. The summed E-state index contributed by atoms with van der Waals surface area (Å²) in [6.07, 6.45) is 2.96. The maximum atomic E-state index is 13.1. The zero-order valence-electron chi connectivity index (χ0n) is 28.9. The van der Waals surface area contributed by atoms with Crippen molar-refractivity contribution in [2.24, 2.45) is 5.92 Å². The van der Waals surface area contributed by atoms with Crippen LogP contribution in [0.25, 0.3) is 11.3 Å². The lowest BCUT2D eigenvalue weighted by molar-refractivity contribution is -0.180. The van der Waals surface area contributed by atoms with Crippen molar-refractivity contribution in [2.75, 3.05) is 27.5 Å². The first-order valence-corrected chi connectivity index (χ1v) is 16.2. The fourth-order valence-corrected chi connectivity index (χ4v) is 5.09. The van der Waals surface area contributed by atoms with Gasteiger partial charge in [-0.2, -0.15) is 0 Å². The number of ether oxygens (including phenoxy) is 3. The fourth-order valence-electron chi connectivity index (χ4n) is 5.09. The highest BCUT2D eigenvalue weighted by atomic mass is 16.5. The van der Waals surface area contributed by atoms with Crippen LogP contribution in [-0.2, 0) is 28.7 Å². The molecule has 0 spiro atoms. The van der Waals surface area contributed by atoms with Crippen LogP contribution in [0, 0.1) is 5.92 Å². The second kappa shape index (κ2) is 20.3. The lowest BCUT2D eigenvalue weighted by Crippen LogP contribution is -2.49. The molecule has 49 heavy (non-hydrogen) atoms. The zero-order valence-corrected chi connectivity index (χ0v) is 28.9. The minimum atomic E-state index is -1.29. The number of carbonyl (C=O) groups excluding carboxylic acids is 6. The third-order valence-corrected chi connectivity index (χ3v) is 7.68. The first kappa shape index (κ1) is 40.1. The molecular weight excluding hydrogens is 638 g/mol. The molecule has 1 aromatic carbocycles. The number of hydrogen-bond donors (Lipinski definition) is 4. The van der Waals surface area contributed by atoms with Gasteiger partial charge in [-0.05, 0) is 44.0 Å². The minimum absolute atomic E-state index is 0.0549. The Hall–Kier alpha value is -5.05. The number of benzene rings is 1. The molecule has 1 heterocycles. The van der Waals surface area contributed by atoms with Gasteiger partial charge in [0.1, 0.15) is 17.5 Å². The number of unbranched alkanes of at least 4 members (excludes halogenated alkanes) is 2. The third-order valence-electron chi connectivity index (χ3n) is 7.68. The molecule has 2 aromatic rings. The van der Waals surface area contributed by atoms with Gasteiger partial charge in [-0.15, -0.1) is 0 Å². The summed E-state index contributed by atoms with van der Waals surface area (Å²) in [5.74, 6) is -4.26. The van der Waals surface area contributed by atoms with Crippen molar-refractivity contribution < 1.29 is 48.2 Å². The van der Waals surface area contributed by atoms with Crippen molar-refractivity contribution in [3.8, 4) is 17.0 Å². The number of methoxy groups -OCH3 is 2. The molecule has 0 saturated carbocycles. The monoisotopic (exact) mass is 685 g/mol. The standard InChI is InChI=1S/C34H47N5O10/c1-7-10-11-13-23(28(8-2)39(46)21(4)40)31(42)35-20-36-33(44)26-15-12-14-25(37-26)22-16-17-24(29(18-22)49-9-3)32(43)38-27(34(45)48-6)19-30(41)47-5/h12,14-18,23,27-28,46H,7-11,13,19-20H2,1-6H3,(H,35,42)(H,36,44)(H,38,43)/t23-,27?,28-/m1/s1. The Labute approximate surface area is 286 Å². The number of pyridine rings is 1. The topological polar surface area (TPSA) is 203 Å². The molecule has 0 fully saturated rings. The number of hydrogen-bond acceptors (Lipinski definition) is 11. The van der Waals surface area contributed by atoms with Crippen molar-refractivity contribution in [1.29, 1.82) is 0 Å². The van der Waals surface area contributed by atoms with E-state index in [0.29, 0.717) is 29.2 Å². The van der Waals surface area contributed by atoms with Crippen LogP contribution in [0.15, 0.2) is 36.4 Å². The van der Waals surface area contributed by atoms with Crippen LogP contribution in [0.1, 0.15) is 87.1 Å². The predicted molar refractivity (Wildman–Crippen MR) is 177 cm³/mol. The molecule has 15 heteroatoms. The van der Waals surface area contributed by atoms with Gasteiger partial charge in [0.15, 0.2) is 0 Å². The van der Waals surface area contributed by atoms with Crippen LogP contribution in [0.4, 0.5) is 0 Å². The van der Waals surface area contributed by atoms with Crippen molar-refractivity contribution in [2.45, 2.75) is 78.3 Å². The number of esters is 2. The van der Waals surface area contributed by atoms with E-state index in [0.717, 1.165) is 33.5 Å². The van der Waals surface area contributed by atoms with Crippen LogP contribution in [0.5, 0.6) is 5.75 Å². The van der Waals surface area contributed by atoms with Crippen molar-refractivity contribution in [3.63, 3.8) is 0 Å². The van der Waals surface area contributed by atoms with Crippen LogP contribution in [-0.4, -0.2) is 90.4 Å². The Morgan fingerprint density at radius 3 is 2.29 bits per heavy atom. The van der Waals surface area contributed by atoms with Gasteiger partial charge < -0.3 is 30.2 Å². The van der Waals surface area contributed by atoms with Crippen molar-refractivity contribution in [1.82, 2.24) is 26.0 Å². The third kappa shape index (κ3) is 11.9. The van der Waals surface area contributed by atoms with E-state index < -0.39 is 60.0 Å². The van der Waals surface area contributed by atoms with E-state index in [9.17, 15) is 34.0 Å². The molecule has 0 aliphatic carbocycles. The molecule has 268 valence electrons. The SMILES string of the molecule is CCCCC[C@@H](C(=O)NCNC(=O)c1cccc(-c2ccc(C(=O)NC(CC(=O)OC)C(=O)OC)c(OCC)c2)n1)[C@@H](CC)N(O)C(C)=O. The Kier molecular flexibility index (Phi) is 16.7. The van der Waals surface area contributed by atoms with E-state index in [-0.39, 0.29) is 30.3 Å². The summed E-state index contributed by atoms with van der Waals surface area (Å²) in [5, 5.41) is 18.7. The molecule has 0 aliphatic heterocycles. The highest BCUT2D eigenvalue weighted by molar-refractivity contribution is 6.00. The molecular formula is C34H47N5O10. The van der Waals surface area contributed by atoms with Crippen LogP contribution in [0.3, 0.4) is 0 Å². The molecule has 15 nitrogen and oxygen atoms in total. The maximum Gasteiger partial charge on any atom is 0.328 e. The second-order valence-corrected chi connectivity index (χ2v) is 11.0.